The second-order valence-corrected chi connectivity index (χ2v) is 6.95. The molecule has 0 aliphatic heterocycles. The van der Waals surface area contributed by atoms with E-state index in [1.54, 1.807) is 47.7 Å². The van der Waals surface area contributed by atoms with Gasteiger partial charge in [-0.1, -0.05) is 0 Å². The molecule has 4 heterocycles. The molecule has 1 N–H and O–H groups in total. The SMILES string of the molecule is CC(=O)Cc1cc(-c2nc(-c3cnn(C)c3)c(-c3ncc[nH]3)s2)ccn1. The van der Waals surface area contributed by atoms with Crippen molar-refractivity contribution in [3.8, 4) is 32.5 Å². The quantitative estimate of drug-likeness (QED) is 0.588. The van der Waals surface area contributed by atoms with E-state index in [1.165, 1.54) is 0 Å². The zero-order valence-corrected chi connectivity index (χ0v) is 15.1. The molecule has 8 heteroatoms. The third kappa shape index (κ3) is 3.18. The van der Waals surface area contributed by atoms with Crippen LogP contribution in [0.3, 0.4) is 0 Å². The van der Waals surface area contributed by atoms with E-state index in [-0.39, 0.29) is 5.78 Å². The molecule has 4 aromatic rings. The number of hydrogen-bond donors (Lipinski definition) is 1. The largest absolute Gasteiger partial charge is 0.344 e. The number of imidazole rings is 1. The van der Waals surface area contributed by atoms with Crippen LogP contribution in [-0.2, 0) is 18.3 Å². The molecular weight excluding hydrogens is 348 g/mol. The number of carbonyl (C=O) groups excluding carboxylic acids is 1. The number of Topliss-reactive ketones (excluding diaryl/α,β-unsaturated/α-hetero) is 1. The molecule has 7 nitrogen and oxygen atoms in total. The van der Waals surface area contributed by atoms with E-state index in [2.05, 4.69) is 20.1 Å². The number of nitrogens with zero attached hydrogens (tertiary/aromatic N) is 5. The number of aromatic nitrogens is 6. The fourth-order valence-corrected chi connectivity index (χ4v) is 3.74. The Balaban J connectivity index is 1.82. The maximum Gasteiger partial charge on any atom is 0.149 e. The normalized spacial score (nSPS) is 11.0. The Morgan fingerprint density at radius 3 is 2.85 bits per heavy atom. The molecule has 4 aromatic heterocycles. The van der Waals surface area contributed by atoms with Gasteiger partial charge in [-0.2, -0.15) is 5.10 Å². The number of aromatic amines is 1. The lowest BCUT2D eigenvalue weighted by Gasteiger charge is -2.00. The second kappa shape index (κ2) is 6.64. The highest BCUT2D eigenvalue weighted by molar-refractivity contribution is 7.18. The minimum Gasteiger partial charge on any atom is -0.344 e. The number of aryl methyl sites for hydroxylation is 1. The third-order valence-electron chi connectivity index (χ3n) is 3.81. The van der Waals surface area contributed by atoms with Gasteiger partial charge in [0, 0.05) is 55.1 Å². The minimum atomic E-state index is 0.0844. The third-order valence-corrected chi connectivity index (χ3v) is 4.92. The summed E-state index contributed by atoms with van der Waals surface area (Å²) >= 11 is 1.55. The highest BCUT2D eigenvalue weighted by atomic mass is 32.1. The Labute approximate surface area is 153 Å². The smallest absolute Gasteiger partial charge is 0.149 e. The first kappa shape index (κ1) is 16.3. The van der Waals surface area contributed by atoms with Gasteiger partial charge in [0.25, 0.3) is 0 Å². The monoisotopic (exact) mass is 364 g/mol. The summed E-state index contributed by atoms with van der Waals surface area (Å²) in [6, 6.07) is 3.82. The van der Waals surface area contributed by atoms with Crippen LogP contribution in [0, 0.1) is 0 Å². The fourth-order valence-electron chi connectivity index (χ4n) is 2.70. The van der Waals surface area contributed by atoms with E-state index >= 15 is 0 Å². The molecule has 0 radical (unpaired) electrons. The Hall–Kier alpha value is -3.13. The van der Waals surface area contributed by atoms with Gasteiger partial charge in [0.2, 0.25) is 0 Å². The maximum absolute atomic E-state index is 11.4. The van der Waals surface area contributed by atoms with Gasteiger partial charge >= 0.3 is 0 Å². The average molecular weight is 364 g/mol. The summed E-state index contributed by atoms with van der Waals surface area (Å²) in [6.07, 6.45) is 9.27. The number of pyridine rings is 1. The van der Waals surface area contributed by atoms with Gasteiger partial charge < -0.3 is 4.98 Å². The molecule has 0 amide bonds. The molecule has 0 saturated carbocycles. The molecule has 0 aliphatic rings. The van der Waals surface area contributed by atoms with Crippen LogP contribution in [0.15, 0.2) is 43.1 Å². The second-order valence-electron chi connectivity index (χ2n) is 5.95. The highest BCUT2D eigenvalue weighted by Crippen LogP contribution is 2.39. The molecule has 0 aliphatic carbocycles. The van der Waals surface area contributed by atoms with Gasteiger partial charge in [-0.25, -0.2) is 9.97 Å². The predicted octanol–water partition coefficient (Wildman–Crippen LogP) is 3.13. The summed E-state index contributed by atoms with van der Waals surface area (Å²) in [5.74, 6) is 0.853. The van der Waals surface area contributed by atoms with Crippen LogP contribution in [0.4, 0.5) is 0 Å². The summed E-state index contributed by atoms with van der Waals surface area (Å²) < 4.78 is 1.75. The Morgan fingerprint density at radius 2 is 2.15 bits per heavy atom. The van der Waals surface area contributed by atoms with Crippen molar-refractivity contribution in [2.45, 2.75) is 13.3 Å². The number of rotatable bonds is 5. The van der Waals surface area contributed by atoms with E-state index in [9.17, 15) is 4.79 Å². The van der Waals surface area contributed by atoms with Crippen LogP contribution in [-0.4, -0.2) is 35.5 Å². The first-order chi connectivity index (χ1) is 12.6. The van der Waals surface area contributed by atoms with Crippen LogP contribution in [0.2, 0.25) is 0 Å². The van der Waals surface area contributed by atoms with Gasteiger partial charge in [0.1, 0.15) is 16.6 Å². The molecule has 0 saturated heterocycles. The number of H-pyrrole nitrogens is 1. The maximum atomic E-state index is 11.4. The fraction of sp³-hybridized carbons (Fsp3) is 0.167. The summed E-state index contributed by atoms with van der Waals surface area (Å²) in [5, 5.41) is 5.10. The minimum absolute atomic E-state index is 0.0844. The van der Waals surface area contributed by atoms with E-state index in [1.807, 2.05) is 25.4 Å². The average Bonchev–Trinajstić information content (AvgIpc) is 3.34. The molecular formula is C18H16N6OS. The van der Waals surface area contributed by atoms with Crippen LogP contribution >= 0.6 is 11.3 Å². The molecule has 0 unspecified atom stereocenters. The summed E-state index contributed by atoms with van der Waals surface area (Å²) in [4.78, 5) is 29.0. The van der Waals surface area contributed by atoms with Crippen LogP contribution < -0.4 is 0 Å². The number of nitrogens with one attached hydrogen (secondary N) is 1. The number of hydrogen-bond acceptors (Lipinski definition) is 6. The number of ketones is 1. The molecule has 130 valence electrons. The standard InChI is InChI=1S/C18H16N6OS/c1-11(25)7-14-8-12(3-4-19-14)18-23-15(13-9-22-24(2)10-13)16(26-18)17-20-5-6-21-17/h3-6,8-10H,7H2,1-2H3,(H,20,21). The van der Waals surface area contributed by atoms with Crippen molar-refractivity contribution in [2.75, 3.05) is 0 Å². The van der Waals surface area contributed by atoms with Gasteiger partial charge in [0.15, 0.2) is 0 Å². The summed E-state index contributed by atoms with van der Waals surface area (Å²) in [7, 11) is 1.88. The van der Waals surface area contributed by atoms with E-state index in [0.717, 1.165) is 38.2 Å². The zero-order chi connectivity index (χ0) is 18.1. The lowest BCUT2D eigenvalue weighted by molar-refractivity contribution is -0.116. The van der Waals surface area contributed by atoms with Crippen LogP contribution in [0.25, 0.3) is 32.5 Å². The van der Waals surface area contributed by atoms with Crippen LogP contribution in [0.5, 0.6) is 0 Å². The van der Waals surface area contributed by atoms with Crippen molar-refractivity contribution >= 4 is 17.1 Å². The van der Waals surface area contributed by atoms with Crippen molar-refractivity contribution in [3.63, 3.8) is 0 Å². The Kier molecular flexibility index (Phi) is 4.18. The van der Waals surface area contributed by atoms with E-state index < -0.39 is 0 Å². The first-order valence-electron chi connectivity index (χ1n) is 8.04. The lowest BCUT2D eigenvalue weighted by Crippen LogP contribution is -1.98. The van der Waals surface area contributed by atoms with Gasteiger partial charge in [-0.3, -0.25) is 14.5 Å². The van der Waals surface area contributed by atoms with E-state index in [0.29, 0.717) is 6.42 Å². The van der Waals surface area contributed by atoms with Gasteiger partial charge in [0.05, 0.1) is 16.8 Å². The molecule has 26 heavy (non-hydrogen) atoms. The van der Waals surface area contributed by atoms with Crippen molar-refractivity contribution in [3.05, 3.63) is 48.8 Å². The van der Waals surface area contributed by atoms with Gasteiger partial charge in [-0.05, 0) is 19.1 Å². The zero-order valence-electron chi connectivity index (χ0n) is 14.3. The van der Waals surface area contributed by atoms with Crippen molar-refractivity contribution in [1.29, 1.82) is 0 Å². The molecule has 0 aromatic carbocycles. The highest BCUT2D eigenvalue weighted by Gasteiger charge is 2.19. The molecule has 0 bridgehead atoms. The van der Waals surface area contributed by atoms with Crippen molar-refractivity contribution < 1.29 is 4.79 Å². The Bertz CT molecular complexity index is 1060. The predicted molar refractivity (Wildman–Crippen MR) is 99.5 cm³/mol. The number of carbonyl (C=O) groups is 1. The molecule has 0 fully saturated rings. The summed E-state index contributed by atoms with van der Waals surface area (Å²) in [5.41, 5.74) is 3.44. The van der Waals surface area contributed by atoms with Gasteiger partial charge in [-0.15, -0.1) is 11.3 Å². The number of thiazole rings is 1. The van der Waals surface area contributed by atoms with E-state index in [4.69, 9.17) is 4.98 Å². The summed E-state index contributed by atoms with van der Waals surface area (Å²) in [6.45, 7) is 1.56. The van der Waals surface area contributed by atoms with Crippen molar-refractivity contribution in [1.82, 2.24) is 29.7 Å². The first-order valence-corrected chi connectivity index (χ1v) is 8.86. The topological polar surface area (TPSA) is 89.4 Å². The Morgan fingerprint density at radius 1 is 1.27 bits per heavy atom. The molecule has 0 spiro atoms. The van der Waals surface area contributed by atoms with Crippen molar-refractivity contribution in [2.24, 2.45) is 7.05 Å². The van der Waals surface area contributed by atoms with Crippen LogP contribution in [0.1, 0.15) is 12.6 Å². The molecule has 0 atom stereocenters. The lowest BCUT2D eigenvalue weighted by atomic mass is 10.1. The molecule has 4 rings (SSSR count).